The Morgan fingerprint density at radius 1 is 0.838 bits per heavy atom. The highest BCUT2D eigenvalue weighted by molar-refractivity contribution is 5.94. The van der Waals surface area contributed by atoms with Gasteiger partial charge in [0.2, 0.25) is 11.8 Å². The summed E-state index contributed by atoms with van der Waals surface area (Å²) in [5.74, 6) is -3.63. The average molecular weight is 510 g/mol. The van der Waals surface area contributed by atoms with Crippen LogP contribution in [0.5, 0.6) is 0 Å². The van der Waals surface area contributed by atoms with Crippen LogP contribution in [0.15, 0.2) is 48.5 Å². The Kier molecular flexibility index (Phi) is 9.00. The van der Waals surface area contributed by atoms with Gasteiger partial charge in [0.05, 0.1) is 6.04 Å². The molecule has 0 saturated carbocycles. The van der Waals surface area contributed by atoms with Crippen LogP contribution in [0, 0.1) is 5.92 Å². The molecule has 2 aromatic carbocycles. The van der Waals surface area contributed by atoms with Crippen molar-refractivity contribution in [3.05, 3.63) is 59.7 Å². The van der Waals surface area contributed by atoms with Crippen molar-refractivity contribution in [1.82, 2.24) is 16.0 Å². The van der Waals surface area contributed by atoms with Gasteiger partial charge in [0.15, 0.2) is 5.78 Å². The number of amides is 3. The molecule has 3 amide bonds. The van der Waals surface area contributed by atoms with E-state index in [0.717, 1.165) is 22.3 Å². The number of aliphatic carboxylic acids is 1. The zero-order chi connectivity index (χ0) is 27.1. The van der Waals surface area contributed by atoms with E-state index in [-0.39, 0.29) is 18.9 Å². The van der Waals surface area contributed by atoms with E-state index in [0.29, 0.717) is 0 Å². The molecule has 3 rings (SSSR count). The zero-order valence-electron chi connectivity index (χ0n) is 20.9. The number of hydrogen-bond donors (Lipinski definition) is 4. The molecule has 10 heteroatoms. The van der Waals surface area contributed by atoms with Gasteiger partial charge in [0.1, 0.15) is 19.2 Å². The largest absolute Gasteiger partial charge is 0.480 e. The maximum atomic E-state index is 12.5. The third-order valence-corrected chi connectivity index (χ3v) is 6.28. The molecule has 0 aliphatic heterocycles. The zero-order valence-corrected chi connectivity index (χ0v) is 20.9. The number of carbonyl (C=O) groups excluding carboxylic acids is 4. The second-order valence-corrected chi connectivity index (χ2v) is 9.10. The van der Waals surface area contributed by atoms with Gasteiger partial charge < -0.3 is 25.8 Å². The predicted molar refractivity (Wildman–Crippen MR) is 135 cm³/mol. The first-order valence-electron chi connectivity index (χ1n) is 12.0. The molecule has 0 aromatic heterocycles. The Balaban J connectivity index is 1.47. The van der Waals surface area contributed by atoms with Crippen LogP contribution >= 0.6 is 0 Å². The molecular weight excluding hydrogens is 478 g/mol. The van der Waals surface area contributed by atoms with Crippen molar-refractivity contribution >= 4 is 29.7 Å². The molecule has 10 nitrogen and oxygen atoms in total. The van der Waals surface area contributed by atoms with Crippen LogP contribution in [0.2, 0.25) is 0 Å². The molecule has 37 heavy (non-hydrogen) atoms. The molecule has 0 spiro atoms. The lowest BCUT2D eigenvalue weighted by molar-refractivity contribution is -0.138. The number of ether oxygens (including phenoxy) is 1. The quantitative estimate of drug-likeness (QED) is 0.363. The van der Waals surface area contributed by atoms with Gasteiger partial charge in [-0.15, -0.1) is 0 Å². The molecule has 0 radical (unpaired) electrons. The van der Waals surface area contributed by atoms with Crippen molar-refractivity contribution in [2.24, 2.45) is 5.92 Å². The van der Waals surface area contributed by atoms with Crippen LogP contribution in [0.3, 0.4) is 0 Å². The Bertz CT molecular complexity index is 1150. The third kappa shape index (κ3) is 6.93. The maximum absolute atomic E-state index is 12.5. The lowest BCUT2D eigenvalue weighted by Gasteiger charge is -2.20. The molecule has 3 atom stereocenters. The van der Waals surface area contributed by atoms with Crippen molar-refractivity contribution in [1.29, 1.82) is 0 Å². The first-order chi connectivity index (χ1) is 17.6. The Morgan fingerprint density at radius 2 is 1.41 bits per heavy atom. The highest BCUT2D eigenvalue weighted by Gasteiger charge is 2.30. The number of alkyl carbamates (subject to hydrolysis) is 1. The number of carboxylic acid groups (broad SMARTS) is 1. The number of rotatable bonds is 11. The van der Waals surface area contributed by atoms with Gasteiger partial charge in [-0.05, 0) is 36.1 Å². The summed E-state index contributed by atoms with van der Waals surface area (Å²) in [5, 5.41) is 15.8. The first-order valence-corrected chi connectivity index (χ1v) is 12.0. The van der Waals surface area contributed by atoms with Crippen molar-refractivity contribution < 1.29 is 33.8 Å². The Labute approximate surface area is 214 Å². The number of fused-ring (bicyclic) bond motifs is 3. The lowest BCUT2D eigenvalue weighted by atomic mass is 9.98. The van der Waals surface area contributed by atoms with Crippen LogP contribution in [-0.2, 0) is 23.9 Å². The molecule has 0 fully saturated rings. The van der Waals surface area contributed by atoms with E-state index in [1.165, 1.54) is 20.8 Å². The fourth-order valence-corrected chi connectivity index (χ4v) is 4.21. The maximum Gasteiger partial charge on any atom is 0.407 e. The number of ketones is 1. The highest BCUT2D eigenvalue weighted by Crippen LogP contribution is 2.44. The Hall–Kier alpha value is -4.21. The molecule has 2 aromatic rings. The van der Waals surface area contributed by atoms with Crippen molar-refractivity contribution in [2.45, 2.75) is 45.2 Å². The van der Waals surface area contributed by atoms with E-state index in [2.05, 4.69) is 16.0 Å². The van der Waals surface area contributed by atoms with Gasteiger partial charge in [-0.1, -0.05) is 55.5 Å². The number of Topliss-reactive ketones (excluding diaryl/α,β-unsaturated/α-hetero) is 1. The summed E-state index contributed by atoms with van der Waals surface area (Å²) in [6, 6.07) is 14.0. The summed E-state index contributed by atoms with van der Waals surface area (Å²) in [5.41, 5.74) is 4.35. The average Bonchev–Trinajstić information content (AvgIpc) is 3.19. The van der Waals surface area contributed by atoms with Gasteiger partial charge in [-0.2, -0.15) is 0 Å². The summed E-state index contributed by atoms with van der Waals surface area (Å²) >= 11 is 0. The topological polar surface area (TPSA) is 151 Å². The number of carboxylic acids is 1. The normalized spacial score (nSPS) is 14.4. The summed E-state index contributed by atoms with van der Waals surface area (Å²) < 4.78 is 5.45. The molecule has 0 saturated heterocycles. The lowest BCUT2D eigenvalue weighted by Crippen LogP contribution is -2.50. The van der Waals surface area contributed by atoms with Crippen molar-refractivity contribution in [2.75, 3.05) is 13.2 Å². The molecule has 0 unspecified atom stereocenters. The number of carbonyl (C=O) groups is 5. The van der Waals surface area contributed by atoms with Gasteiger partial charge in [0, 0.05) is 18.3 Å². The van der Waals surface area contributed by atoms with Gasteiger partial charge in [0.25, 0.3) is 0 Å². The number of nitrogens with one attached hydrogen (secondary N) is 3. The van der Waals surface area contributed by atoms with Crippen LogP contribution in [0.4, 0.5) is 4.79 Å². The Morgan fingerprint density at radius 3 is 1.97 bits per heavy atom. The van der Waals surface area contributed by atoms with Crippen LogP contribution in [0.25, 0.3) is 11.1 Å². The van der Waals surface area contributed by atoms with Crippen molar-refractivity contribution in [3.8, 4) is 11.1 Å². The molecular formula is C27H31N3O7. The SMILES string of the molecule is C[C@H](CC(=O)[C@@H](C)NC(=O)[C@H](C)NC(=O)OCC1c2ccccc2-c2ccccc21)C(=O)NCC(=O)O. The minimum Gasteiger partial charge on any atom is -0.480 e. The fraction of sp³-hybridized carbons (Fsp3) is 0.370. The number of benzene rings is 2. The summed E-state index contributed by atoms with van der Waals surface area (Å²) in [6.07, 6.45) is -0.937. The first kappa shape index (κ1) is 27.4. The third-order valence-electron chi connectivity index (χ3n) is 6.28. The van der Waals surface area contributed by atoms with Gasteiger partial charge >= 0.3 is 12.1 Å². The minimum absolute atomic E-state index is 0.102. The van der Waals surface area contributed by atoms with E-state index in [4.69, 9.17) is 9.84 Å². The molecule has 196 valence electrons. The second-order valence-electron chi connectivity index (χ2n) is 9.10. The second kappa shape index (κ2) is 12.2. The number of hydrogen-bond acceptors (Lipinski definition) is 6. The van der Waals surface area contributed by atoms with Crippen LogP contribution in [-0.4, -0.2) is 60.0 Å². The van der Waals surface area contributed by atoms with E-state index in [1.54, 1.807) is 0 Å². The summed E-state index contributed by atoms with van der Waals surface area (Å²) in [7, 11) is 0. The van der Waals surface area contributed by atoms with E-state index >= 15 is 0 Å². The fourth-order valence-electron chi connectivity index (χ4n) is 4.21. The summed E-state index contributed by atoms with van der Waals surface area (Å²) in [4.78, 5) is 59.8. The predicted octanol–water partition coefficient (Wildman–Crippen LogP) is 2.21. The van der Waals surface area contributed by atoms with E-state index in [9.17, 15) is 24.0 Å². The standard InChI is InChI=1S/C27H31N3O7/c1-15(25(34)28-13-24(32)33)12-23(31)16(2)29-26(35)17(3)30-27(36)37-14-22-20-10-6-4-8-18(20)19-9-5-7-11-21(19)22/h4-11,15-17,22H,12-14H2,1-3H3,(H,28,34)(H,29,35)(H,30,36)(H,32,33)/t15-,16-,17+/m1/s1. The molecule has 1 aliphatic rings. The van der Waals surface area contributed by atoms with E-state index < -0.39 is 54.2 Å². The molecule has 0 bridgehead atoms. The van der Waals surface area contributed by atoms with Crippen LogP contribution in [0.1, 0.15) is 44.2 Å². The highest BCUT2D eigenvalue weighted by atomic mass is 16.5. The molecule has 0 heterocycles. The molecule has 1 aliphatic carbocycles. The molecule has 4 N–H and O–H groups in total. The van der Waals surface area contributed by atoms with Gasteiger partial charge in [-0.3, -0.25) is 19.2 Å². The van der Waals surface area contributed by atoms with E-state index in [1.807, 2.05) is 48.5 Å². The van der Waals surface area contributed by atoms with Gasteiger partial charge in [-0.25, -0.2) is 4.79 Å². The smallest absolute Gasteiger partial charge is 0.407 e. The monoisotopic (exact) mass is 509 g/mol. The van der Waals surface area contributed by atoms with Crippen LogP contribution < -0.4 is 16.0 Å². The minimum atomic E-state index is -1.19. The summed E-state index contributed by atoms with van der Waals surface area (Å²) in [6.45, 7) is 4.00. The van der Waals surface area contributed by atoms with Crippen molar-refractivity contribution in [3.63, 3.8) is 0 Å².